The van der Waals surface area contributed by atoms with Gasteiger partial charge in [-0.25, -0.2) is 4.79 Å². The van der Waals surface area contributed by atoms with Crippen LogP contribution >= 0.6 is 0 Å². The van der Waals surface area contributed by atoms with Crippen molar-refractivity contribution in [1.29, 1.82) is 0 Å². The van der Waals surface area contributed by atoms with E-state index in [1.54, 1.807) is 52.1 Å². The van der Waals surface area contributed by atoms with Gasteiger partial charge in [0, 0.05) is 36.5 Å². The SMILES string of the molecule is C=C(/C=C(\N=CC)C(=O)NCc1cccc(OC)c1)C(=O)NCc1ccc(NC(=O)NC(=O)C(C)C)cc1. The topological polar surface area (TPSA) is 138 Å². The summed E-state index contributed by atoms with van der Waals surface area (Å²) in [6.45, 7) is 9.24. The fourth-order valence-electron chi connectivity index (χ4n) is 3.01. The van der Waals surface area contributed by atoms with Crippen molar-refractivity contribution < 1.29 is 23.9 Å². The highest BCUT2D eigenvalue weighted by Gasteiger charge is 2.13. The molecule has 0 radical (unpaired) electrons. The van der Waals surface area contributed by atoms with E-state index in [4.69, 9.17) is 4.74 Å². The highest BCUT2D eigenvalue weighted by molar-refractivity contribution is 6.02. The Kier molecular flexibility index (Phi) is 11.4. The van der Waals surface area contributed by atoms with Crippen molar-refractivity contribution in [2.75, 3.05) is 12.4 Å². The van der Waals surface area contributed by atoms with Gasteiger partial charge in [0.25, 0.3) is 11.8 Å². The number of rotatable bonds is 11. The van der Waals surface area contributed by atoms with Crippen molar-refractivity contribution in [3.8, 4) is 5.75 Å². The molecular weight excluding hydrogens is 486 g/mol. The lowest BCUT2D eigenvalue weighted by Gasteiger charge is -2.10. The van der Waals surface area contributed by atoms with Crippen LogP contribution in [0.4, 0.5) is 10.5 Å². The Balaban J connectivity index is 1.91. The number of imide groups is 1. The van der Waals surface area contributed by atoms with E-state index in [9.17, 15) is 19.2 Å². The molecular formula is C28H33N5O5. The third kappa shape index (κ3) is 9.73. The first-order valence-electron chi connectivity index (χ1n) is 11.9. The summed E-state index contributed by atoms with van der Waals surface area (Å²) in [5.41, 5.74) is 2.21. The van der Waals surface area contributed by atoms with Crippen LogP contribution in [0.2, 0.25) is 0 Å². The molecule has 38 heavy (non-hydrogen) atoms. The first kappa shape index (κ1) is 29.5. The van der Waals surface area contributed by atoms with Gasteiger partial charge in [0.05, 0.1) is 7.11 Å². The second-order valence-corrected chi connectivity index (χ2v) is 8.45. The monoisotopic (exact) mass is 519 g/mol. The quantitative estimate of drug-likeness (QED) is 0.205. The molecule has 0 atom stereocenters. The van der Waals surface area contributed by atoms with E-state index in [0.717, 1.165) is 11.1 Å². The second-order valence-electron chi connectivity index (χ2n) is 8.45. The largest absolute Gasteiger partial charge is 0.497 e. The third-order valence-electron chi connectivity index (χ3n) is 5.12. The molecule has 5 amide bonds. The molecule has 0 bridgehead atoms. The van der Waals surface area contributed by atoms with Gasteiger partial charge in [-0.1, -0.05) is 44.7 Å². The Hall–Kier alpha value is -4.73. The molecule has 0 aliphatic carbocycles. The van der Waals surface area contributed by atoms with E-state index in [-0.39, 0.29) is 36.2 Å². The molecule has 2 aromatic rings. The van der Waals surface area contributed by atoms with Crippen molar-refractivity contribution >= 4 is 35.7 Å². The summed E-state index contributed by atoms with van der Waals surface area (Å²) in [5, 5.41) is 10.3. The molecule has 0 saturated carbocycles. The lowest BCUT2D eigenvalue weighted by Crippen LogP contribution is -2.36. The fourth-order valence-corrected chi connectivity index (χ4v) is 3.01. The van der Waals surface area contributed by atoms with Crippen molar-refractivity contribution in [1.82, 2.24) is 16.0 Å². The van der Waals surface area contributed by atoms with E-state index in [0.29, 0.717) is 11.4 Å². The van der Waals surface area contributed by atoms with Crippen LogP contribution in [0.25, 0.3) is 0 Å². The molecule has 0 saturated heterocycles. The van der Waals surface area contributed by atoms with Gasteiger partial charge in [0.2, 0.25) is 5.91 Å². The number of nitrogens with one attached hydrogen (secondary N) is 4. The lowest BCUT2D eigenvalue weighted by molar-refractivity contribution is -0.123. The Morgan fingerprint density at radius 2 is 1.63 bits per heavy atom. The van der Waals surface area contributed by atoms with Crippen LogP contribution in [-0.2, 0) is 27.5 Å². The number of urea groups is 1. The smallest absolute Gasteiger partial charge is 0.325 e. The highest BCUT2D eigenvalue weighted by atomic mass is 16.5. The normalized spacial score (nSPS) is 11.1. The third-order valence-corrected chi connectivity index (χ3v) is 5.12. The van der Waals surface area contributed by atoms with Crippen molar-refractivity contribution in [3.05, 3.63) is 83.6 Å². The van der Waals surface area contributed by atoms with Crippen molar-refractivity contribution in [3.63, 3.8) is 0 Å². The van der Waals surface area contributed by atoms with Gasteiger partial charge in [0.15, 0.2) is 0 Å². The number of carbonyl (C=O) groups excluding carboxylic acids is 4. The number of nitrogens with zero attached hydrogens (tertiary/aromatic N) is 1. The Morgan fingerprint density at radius 1 is 0.974 bits per heavy atom. The number of methoxy groups -OCH3 is 1. The summed E-state index contributed by atoms with van der Waals surface area (Å²) in [6, 6.07) is 13.4. The molecule has 200 valence electrons. The predicted octanol–water partition coefficient (Wildman–Crippen LogP) is 3.46. The predicted molar refractivity (Wildman–Crippen MR) is 147 cm³/mol. The molecule has 4 N–H and O–H groups in total. The molecule has 10 heteroatoms. The van der Waals surface area contributed by atoms with Gasteiger partial charge in [-0.05, 0) is 48.4 Å². The molecule has 0 aliphatic heterocycles. The van der Waals surface area contributed by atoms with Crippen LogP contribution in [0.1, 0.15) is 31.9 Å². The summed E-state index contributed by atoms with van der Waals surface area (Å²) in [7, 11) is 1.57. The zero-order chi connectivity index (χ0) is 28.1. The average molecular weight is 520 g/mol. The first-order chi connectivity index (χ1) is 18.1. The number of ether oxygens (including phenoxy) is 1. The second kappa shape index (κ2) is 14.7. The van der Waals surface area contributed by atoms with E-state index < -0.39 is 17.8 Å². The molecule has 2 aromatic carbocycles. The van der Waals surface area contributed by atoms with E-state index in [1.165, 1.54) is 12.3 Å². The Bertz CT molecular complexity index is 1230. The summed E-state index contributed by atoms with van der Waals surface area (Å²) in [6.07, 6.45) is 2.77. The molecule has 0 fully saturated rings. The van der Waals surface area contributed by atoms with E-state index in [2.05, 4.69) is 32.8 Å². The minimum absolute atomic E-state index is 0.0419. The summed E-state index contributed by atoms with van der Waals surface area (Å²) >= 11 is 0. The standard InChI is InChI=1S/C28H33N5O5/c1-6-29-24(27(36)31-17-21-8-7-9-23(15-21)38-5)14-19(4)26(35)30-16-20-10-12-22(13-11-20)32-28(37)33-25(34)18(2)3/h6-15,18H,4,16-17H2,1-3,5H3,(H,30,35)(H,31,36)(H2,32,33,34,37)/b24-14-,29-6?. The Morgan fingerprint density at radius 3 is 2.26 bits per heavy atom. The van der Waals surface area contributed by atoms with Crippen LogP contribution in [0.3, 0.4) is 0 Å². The minimum Gasteiger partial charge on any atom is -0.497 e. The lowest BCUT2D eigenvalue weighted by atomic mass is 10.1. The molecule has 0 aliphatic rings. The maximum atomic E-state index is 12.6. The number of hydrogen-bond donors (Lipinski definition) is 4. The molecule has 0 aromatic heterocycles. The summed E-state index contributed by atoms with van der Waals surface area (Å²) in [5.74, 6) is -0.934. The van der Waals surface area contributed by atoms with Gasteiger partial charge in [-0.2, -0.15) is 0 Å². The minimum atomic E-state index is -0.620. The van der Waals surface area contributed by atoms with Crippen LogP contribution < -0.4 is 26.0 Å². The van der Waals surface area contributed by atoms with Crippen molar-refractivity contribution in [2.24, 2.45) is 10.9 Å². The van der Waals surface area contributed by atoms with Crippen LogP contribution in [0.5, 0.6) is 5.75 Å². The van der Waals surface area contributed by atoms with Crippen LogP contribution in [0, 0.1) is 5.92 Å². The zero-order valence-electron chi connectivity index (χ0n) is 22.0. The number of anilines is 1. The number of amides is 5. The zero-order valence-corrected chi connectivity index (χ0v) is 22.0. The number of carbonyl (C=O) groups is 4. The molecule has 0 heterocycles. The van der Waals surface area contributed by atoms with Gasteiger partial charge in [-0.15, -0.1) is 0 Å². The summed E-state index contributed by atoms with van der Waals surface area (Å²) in [4.78, 5) is 52.7. The Labute approximate surface area is 222 Å². The van der Waals surface area contributed by atoms with Gasteiger partial charge in [0.1, 0.15) is 11.4 Å². The number of hydrogen-bond acceptors (Lipinski definition) is 6. The fraction of sp³-hybridized carbons (Fsp3) is 0.250. The van der Waals surface area contributed by atoms with Gasteiger partial charge < -0.3 is 20.7 Å². The van der Waals surface area contributed by atoms with Gasteiger partial charge >= 0.3 is 6.03 Å². The number of aliphatic imine (C=N–C) groups is 1. The first-order valence-corrected chi connectivity index (χ1v) is 11.9. The summed E-state index contributed by atoms with van der Waals surface area (Å²) < 4.78 is 5.19. The molecule has 0 unspecified atom stereocenters. The van der Waals surface area contributed by atoms with E-state index in [1.807, 2.05) is 24.3 Å². The van der Waals surface area contributed by atoms with Crippen LogP contribution in [-0.4, -0.2) is 37.1 Å². The van der Waals surface area contributed by atoms with Crippen LogP contribution in [0.15, 0.2) is 77.4 Å². The maximum Gasteiger partial charge on any atom is 0.325 e. The maximum absolute atomic E-state index is 12.6. The molecule has 10 nitrogen and oxygen atoms in total. The number of benzene rings is 2. The van der Waals surface area contributed by atoms with Crippen molar-refractivity contribution in [2.45, 2.75) is 33.9 Å². The molecule has 0 spiro atoms. The molecule has 2 rings (SSSR count). The highest BCUT2D eigenvalue weighted by Crippen LogP contribution is 2.13. The average Bonchev–Trinajstić information content (AvgIpc) is 2.90. The van der Waals surface area contributed by atoms with E-state index >= 15 is 0 Å². The van der Waals surface area contributed by atoms with Gasteiger partial charge in [-0.3, -0.25) is 24.7 Å².